The van der Waals surface area contributed by atoms with Crippen LogP contribution in [-0.2, 0) is 6.54 Å². The van der Waals surface area contributed by atoms with E-state index in [9.17, 15) is 0 Å². The van der Waals surface area contributed by atoms with Gasteiger partial charge < -0.3 is 14.2 Å². The van der Waals surface area contributed by atoms with Gasteiger partial charge in [0.2, 0.25) is 0 Å². The minimum atomic E-state index is 0.119. The standard InChI is InChI=1S/C15H21ClN6O/c1-10(2)8-21-9-18-20-14(21)12-5-4-6-22(12)13-11(16)7-17-15(19-13)23-3/h7,9-10,12H,4-6,8H2,1-3H3/t12-/m1/s1. The summed E-state index contributed by atoms with van der Waals surface area (Å²) in [5, 5.41) is 8.97. The predicted octanol–water partition coefficient (Wildman–Crippen LogP) is 2.73. The van der Waals surface area contributed by atoms with Crippen molar-refractivity contribution in [1.82, 2.24) is 24.7 Å². The largest absolute Gasteiger partial charge is 0.467 e. The van der Waals surface area contributed by atoms with Gasteiger partial charge in [-0.1, -0.05) is 25.4 Å². The number of anilines is 1. The number of hydrogen-bond donors (Lipinski definition) is 0. The Kier molecular flexibility index (Phi) is 4.66. The van der Waals surface area contributed by atoms with E-state index >= 15 is 0 Å². The van der Waals surface area contributed by atoms with Gasteiger partial charge >= 0.3 is 6.01 Å². The minimum absolute atomic E-state index is 0.119. The SMILES string of the molecule is COc1ncc(Cl)c(N2CCC[C@@H]2c2nncn2CC(C)C)n1. The first kappa shape index (κ1) is 16.0. The third kappa shape index (κ3) is 3.24. The molecule has 0 spiro atoms. The van der Waals surface area contributed by atoms with E-state index in [2.05, 4.69) is 43.5 Å². The van der Waals surface area contributed by atoms with Crippen molar-refractivity contribution in [2.45, 2.75) is 39.3 Å². The Balaban J connectivity index is 1.93. The highest BCUT2D eigenvalue weighted by Gasteiger charge is 2.32. The summed E-state index contributed by atoms with van der Waals surface area (Å²) in [5.41, 5.74) is 0. The second-order valence-electron chi connectivity index (χ2n) is 6.12. The summed E-state index contributed by atoms with van der Waals surface area (Å²) in [6.45, 7) is 6.14. The van der Waals surface area contributed by atoms with Gasteiger partial charge in [0.1, 0.15) is 11.3 Å². The fourth-order valence-corrected chi connectivity index (χ4v) is 3.19. The molecule has 0 N–H and O–H groups in total. The van der Waals surface area contributed by atoms with Crippen LogP contribution >= 0.6 is 11.6 Å². The first-order valence-electron chi connectivity index (χ1n) is 7.81. The topological polar surface area (TPSA) is 69.0 Å². The number of halogens is 1. The molecule has 3 rings (SSSR count). The fraction of sp³-hybridized carbons (Fsp3) is 0.600. The molecule has 2 aromatic heterocycles. The van der Waals surface area contributed by atoms with Gasteiger partial charge in [0.25, 0.3) is 0 Å². The third-order valence-corrected chi connectivity index (χ3v) is 4.18. The Morgan fingerprint density at radius 1 is 1.43 bits per heavy atom. The Morgan fingerprint density at radius 2 is 2.26 bits per heavy atom. The fourth-order valence-electron chi connectivity index (χ4n) is 2.99. The molecule has 124 valence electrons. The lowest BCUT2D eigenvalue weighted by molar-refractivity contribution is 0.379. The van der Waals surface area contributed by atoms with Crippen molar-refractivity contribution in [3.8, 4) is 6.01 Å². The molecule has 0 aromatic carbocycles. The van der Waals surface area contributed by atoms with E-state index in [4.69, 9.17) is 16.3 Å². The minimum Gasteiger partial charge on any atom is -0.467 e. The summed E-state index contributed by atoms with van der Waals surface area (Å²) in [6, 6.07) is 0.437. The Morgan fingerprint density at radius 3 is 3.00 bits per heavy atom. The quantitative estimate of drug-likeness (QED) is 0.836. The summed E-state index contributed by atoms with van der Waals surface area (Å²) < 4.78 is 7.26. The van der Waals surface area contributed by atoms with Gasteiger partial charge in [0, 0.05) is 13.1 Å². The molecule has 0 radical (unpaired) electrons. The zero-order chi connectivity index (χ0) is 16.4. The Hall–Kier alpha value is -1.89. The zero-order valence-electron chi connectivity index (χ0n) is 13.6. The van der Waals surface area contributed by atoms with Crippen LogP contribution in [0.5, 0.6) is 6.01 Å². The van der Waals surface area contributed by atoms with Crippen molar-refractivity contribution < 1.29 is 4.74 Å². The van der Waals surface area contributed by atoms with Crippen LogP contribution in [0.1, 0.15) is 38.6 Å². The predicted molar refractivity (Wildman–Crippen MR) is 87.8 cm³/mol. The van der Waals surface area contributed by atoms with E-state index in [1.165, 1.54) is 0 Å². The van der Waals surface area contributed by atoms with E-state index in [-0.39, 0.29) is 6.04 Å². The van der Waals surface area contributed by atoms with Gasteiger partial charge in [-0.05, 0) is 18.8 Å². The lowest BCUT2D eigenvalue weighted by atomic mass is 10.2. The lowest BCUT2D eigenvalue weighted by Crippen LogP contribution is -2.27. The van der Waals surface area contributed by atoms with Crippen LogP contribution in [0.25, 0.3) is 0 Å². The molecule has 7 nitrogen and oxygen atoms in total. The summed E-state index contributed by atoms with van der Waals surface area (Å²) in [7, 11) is 1.55. The highest BCUT2D eigenvalue weighted by molar-refractivity contribution is 6.32. The summed E-state index contributed by atoms with van der Waals surface area (Å²) in [6.07, 6.45) is 5.44. The van der Waals surface area contributed by atoms with Gasteiger partial charge in [-0.25, -0.2) is 4.98 Å². The molecule has 3 heterocycles. The van der Waals surface area contributed by atoms with Crippen molar-refractivity contribution in [1.29, 1.82) is 0 Å². The molecule has 8 heteroatoms. The van der Waals surface area contributed by atoms with Gasteiger partial charge in [-0.2, -0.15) is 4.98 Å². The van der Waals surface area contributed by atoms with Crippen LogP contribution in [0.2, 0.25) is 5.02 Å². The van der Waals surface area contributed by atoms with E-state index in [0.29, 0.717) is 22.8 Å². The van der Waals surface area contributed by atoms with Crippen molar-refractivity contribution in [3.05, 3.63) is 23.4 Å². The molecule has 1 aliphatic heterocycles. The maximum atomic E-state index is 6.32. The van der Waals surface area contributed by atoms with E-state index in [1.807, 2.05) is 0 Å². The second-order valence-corrected chi connectivity index (χ2v) is 6.52. The molecule has 0 saturated carbocycles. The number of nitrogens with zero attached hydrogens (tertiary/aromatic N) is 6. The highest BCUT2D eigenvalue weighted by atomic mass is 35.5. The molecule has 0 bridgehead atoms. The van der Waals surface area contributed by atoms with Gasteiger partial charge in [0.05, 0.1) is 19.3 Å². The average molecular weight is 337 g/mol. The summed E-state index contributed by atoms with van der Waals surface area (Å²) in [5.74, 6) is 2.19. The van der Waals surface area contributed by atoms with Crippen molar-refractivity contribution in [2.24, 2.45) is 5.92 Å². The van der Waals surface area contributed by atoms with Crippen LogP contribution in [0, 0.1) is 5.92 Å². The van der Waals surface area contributed by atoms with Crippen molar-refractivity contribution >= 4 is 17.4 Å². The molecule has 1 fully saturated rings. The van der Waals surface area contributed by atoms with Crippen LogP contribution in [0.15, 0.2) is 12.5 Å². The molecule has 0 amide bonds. The molecule has 0 unspecified atom stereocenters. The van der Waals surface area contributed by atoms with Crippen LogP contribution in [0.4, 0.5) is 5.82 Å². The molecule has 0 aliphatic carbocycles. The summed E-state index contributed by atoms with van der Waals surface area (Å²) >= 11 is 6.32. The van der Waals surface area contributed by atoms with E-state index < -0.39 is 0 Å². The first-order valence-corrected chi connectivity index (χ1v) is 8.18. The van der Waals surface area contributed by atoms with E-state index in [1.54, 1.807) is 19.6 Å². The van der Waals surface area contributed by atoms with E-state index in [0.717, 1.165) is 31.8 Å². The van der Waals surface area contributed by atoms with Crippen LogP contribution in [0.3, 0.4) is 0 Å². The molecule has 23 heavy (non-hydrogen) atoms. The van der Waals surface area contributed by atoms with Gasteiger partial charge in [-0.3, -0.25) is 0 Å². The monoisotopic (exact) mass is 336 g/mol. The maximum Gasteiger partial charge on any atom is 0.318 e. The smallest absolute Gasteiger partial charge is 0.318 e. The maximum absolute atomic E-state index is 6.32. The molecular formula is C15H21ClN6O. The average Bonchev–Trinajstić information content (AvgIpc) is 3.15. The van der Waals surface area contributed by atoms with Crippen LogP contribution in [-0.4, -0.2) is 38.4 Å². The normalized spacial score (nSPS) is 18.0. The zero-order valence-corrected chi connectivity index (χ0v) is 14.4. The van der Waals surface area contributed by atoms with Gasteiger partial charge in [0.15, 0.2) is 11.6 Å². The molecule has 1 atom stereocenters. The summed E-state index contributed by atoms with van der Waals surface area (Å²) in [4.78, 5) is 10.6. The molecular weight excluding hydrogens is 316 g/mol. The second kappa shape index (κ2) is 6.70. The number of methoxy groups -OCH3 is 1. The number of ether oxygens (including phenoxy) is 1. The van der Waals surface area contributed by atoms with Gasteiger partial charge in [-0.15, -0.1) is 10.2 Å². The highest BCUT2D eigenvalue weighted by Crippen LogP contribution is 2.37. The lowest BCUT2D eigenvalue weighted by Gasteiger charge is -2.26. The molecule has 1 aliphatic rings. The third-order valence-electron chi connectivity index (χ3n) is 3.92. The Bertz CT molecular complexity index is 674. The first-order chi connectivity index (χ1) is 11.1. The van der Waals surface area contributed by atoms with Crippen molar-refractivity contribution in [2.75, 3.05) is 18.6 Å². The Labute approximate surface area is 140 Å². The molecule has 1 saturated heterocycles. The number of hydrogen-bond acceptors (Lipinski definition) is 6. The number of aromatic nitrogens is 5. The number of rotatable bonds is 5. The molecule has 2 aromatic rings. The van der Waals surface area contributed by atoms with Crippen LogP contribution < -0.4 is 9.64 Å². The van der Waals surface area contributed by atoms with Crippen molar-refractivity contribution in [3.63, 3.8) is 0 Å².